The van der Waals surface area contributed by atoms with Crippen molar-refractivity contribution < 1.29 is 4.74 Å². The summed E-state index contributed by atoms with van der Waals surface area (Å²) in [6, 6.07) is 5.53. The maximum atomic E-state index is 5.63. The van der Waals surface area contributed by atoms with Crippen molar-refractivity contribution in [2.75, 3.05) is 27.7 Å². The van der Waals surface area contributed by atoms with Crippen molar-refractivity contribution in [2.24, 2.45) is 0 Å². The summed E-state index contributed by atoms with van der Waals surface area (Å²) >= 11 is 0. The number of rotatable bonds is 6. The van der Waals surface area contributed by atoms with E-state index in [2.05, 4.69) is 50.3 Å². The Bertz CT molecular complexity index is 439. The third-order valence-corrected chi connectivity index (χ3v) is 3.81. The van der Waals surface area contributed by atoms with Gasteiger partial charge in [0.1, 0.15) is 5.75 Å². The van der Waals surface area contributed by atoms with Gasteiger partial charge in [-0.15, -0.1) is 0 Å². The van der Waals surface area contributed by atoms with Crippen LogP contribution in [0.1, 0.15) is 35.6 Å². The normalized spacial score (nSPS) is 16.7. The summed E-state index contributed by atoms with van der Waals surface area (Å²) in [5.74, 6) is 1.03. The van der Waals surface area contributed by atoms with Crippen LogP contribution in [0.2, 0.25) is 0 Å². The molecule has 1 N–H and O–H groups in total. The van der Waals surface area contributed by atoms with Crippen LogP contribution in [-0.4, -0.2) is 38.7 Å². The number of ether oxygens (including phenoxy) is 1. The lowest BCUT2D eigenvalue weighted by molar-refractivity contribution is 0.278. The molecule has 0 spiro atoms. The first-order chi connectivity index (χ1) is 9.02. The summed E-state index contributed by atoms with van der Waals surface area (Å²) in [5, 5.41) is 3.63. The molecule has 0 aromatic heterocycles. The second kappa shape index (κ2) is 5.93. The molecular formula is C16H26N2O. The summed E-state index contributed by atoms with van der Waals surface area (Å²) in [7, 11) is 6.04. The molecule has 0 aliphatic heterocycles. The van der Waals surface area contributed by atoms with E-state index >= 15 is 0 Å². The second-order valence-electron chi connectivity index (χ2n) is 5.87. The monoisotopic (exact) mass is 262 g/mol. The largest absolute Gasteiger partial charge is 0.496 e. The third-order valence-electron chi connectivity index (χ3n) is 3.81. The van der Waals surface area contributed by atoms with Gasteiger partial charge in [0.05, 0.1) is 13.2 Å². The van der Waals surface area contributed by atoms with Crippen LogP contribution in [0.5, 0.6) is 5.75 Å². The number of nitrogens with one attached hydrogen (secondary N) is 1. The Hall–Kier alpha value is -1.06. The highest BCUT2D eigenvalue weighted by Crippen LogP contribution is 2.32. The van der Waals surface area contributed by atoms with Crippen LogP contribution in [0.3, 0.4) is 0 Å². The van der Waals surface area contributed by atoms with E-state index in [9.17, 15) is 0 Å². The van der Waals surface area contributed by atoms with Gasteiger partial charge in [-0.25, -0.2) is 0 Å². The molecule has 106 valence electrons. The molecule has 1 aliphatic carbocycles. The van der Waals surface area contributed by atoms with E-state index in [1.54, 1.807) is 7.11 Å². The van der Waals surface area contributed by atoms with E-state index in [1.807, 2.05) is 0 Å². The number of benzene rings is 1. The van der Waals surface area contributed by atoms with Gasteiger partial charge in [-0.2, -0.15) is 0 Å². The van der Waals surface area contributed by atoms with Crippen LogP contribution in [0, 0.1) is 13.8 Å². The average Bonchev–Trinajstić information content (AvgIpc) is 3.12. The summed E-state index contributed by atoms with van der Waals surface area (Å²) in [4.78, 5) is 2.27. The molecule has 1 aromatic carbocycles. The topological polar surface area (TPSA) is 24.5 Å². The molecule has 3 nitrogen and oxygen atoms in total. The van der Waals surface area contributed by atoms with Crippen molar-refractivity contribution >= 4 is 0 Å². The number of likely N-dealkylation sites (N-methyl/N-ethyl adjacent to an activating group) is 1. The molecule has 0 saturated heterocycles. The Morgan fingerprint density at radius 2 is 2.00 bits per heavy atom. The number of nitrogens with zero attached hydrogens (tertiary/aromatic N) is 1. The third kappa shape index (κ3) is 3.48. The van der Waals surface area contributed by atoms with Crippen LogP contribution < -0.4 is 10.1 Å². The molecule has 1 aliphatic rings. The van der Waals surface area contributed by atoms with E-state index in [4.69, 9.17) is 4.74 Å². The average molecular weight is 262 g/mol. The number of aryl methyl sites for hydroxylation is 2. The van der Waals surface area contributed by atoms with Crippen LogP contribution in [0.4, 0.5) is 0 Å². The highest BCUT2D eigenvalue weighted by atomic mass is 16.5. The minimum atomic E-state index is 0.356. The van der Waals surface area contributed by atoms with E-state index in [0.717, 1.165) is 18.3 Å². The Kier molecular flexibility index (Phi) is 4.48. The second-order valence-corrected chi connectivity index (χ2v) is 5.87. The van der Waals surface area contributed by atoms with Gasteiger partial charge in [0.25, 0.3) is 0 Å². The maximum absolute atomic E-state index is 5.63. The maximum Gasteiger partial charge on any atom is 0.126 e. The molecule has 1 aromatic rings. The predicted octanol–water partition coefficient (Wildman–Crippen LogP) is 2.67. The van der Waals surface area contributed by atoms with Crippen LogP contribution in [0.25, 0.3) is 0 Å². The molecule has 1 fully saturated rings. The van der Waals surface area contributed by atoms with Gasteiger partial charge in [0.2, 0.25) is 0 Å². The zero-order valence-electron chi connectivity index (χ0n) is 12.8. The van der Waals surface area contributed by atoms with Crippen molar-refractivity contribution in [1.29, 1.82) is 0 Å². The van der Waals surface area contributed by atoms with Crippen molar-refractivity contribution in [3.8, 4) is 5.75 Å². The fourth-order valence-electron chi connectivity index (χ4n) is 2.65. The smallest absolute Gasteiger partial charge is 0.126 e. The molecule has 0 radical (unpaired) electrons. The quantitative estimate of drug-likeness (QED) is 0.853. The Balaban J connectivity index is 2.27. The van der Waals surface area contributed by atoms with E-state index in [0.29, 0.717) is 6.04 Å². The van der Waals surface area contributed by atoms with Crippen molar-refractivity contribution in [3.63, 3.8) is 0 Å². The first-order valence-corrected chi connectivity index (χ1v) is 7.08. The predicted molar refractivity (Wildman–Crippen MR) is 79.9 cm³/mol. The fourth-order valence-corrected chi connectivity index (χ4v) is 2.65. The van der Waals surface area contributed by atoms with Gasteiger partial charge in [-0.05, 0) is 46.3 Å². The molecule has 0 heterocycles. The molecule has 1 saturated carbocycles. The first kappa shape index (κ1) is 14.4. The highest BCUT2D eigenvalue weighted by molar-refractivity contribution is 5.45. The minimum absolute atomic E-state index is 0.356. The summed E-state index contributed by atoms with van der Waals surface area (Å²) in [6.45, 7) is 5.25. The zero-order chi connectivity index (χ0) is 14.0. The minimum Gasteiger partial charge on any atom is -0.496 e. The summed E-state index contributed by atoms with van der Waals surface area (Å²) in [5.41, 5.74) is 3.81. The van der Waals surface area contributed by atoms with E-state index in [-0.39, 0.29) is 0 Å². The molecule has 3 heteroatoms. The zero-order valence-corrected chi connectivity index (χ0v) is 12.8. The fraction of sp³-hybridized carbons (Fsp3) is 0.625. The standard InChI is InChI=1S/C16H26N2O/c1-11-8-12(2)16(19-5)14(9-11)15(18(3)4)10-17-13-6-7-13/h8-9,13,15,17H,6-7,10H2,1-5H3. The lowest BCUT2D eigenvalue weighted by Gasteiger charge is -2.28. The van der Waals surface area contributed by atoms with Crippen LogP contribution in [-0.2, 0) is 0 Å². The van der Waals surface area contributed by atoms with Gasteiger partial charge in [-0.3, -0.25) is 0 Å². The number of methoxy groups -OCH3 is 1. The molecular weight excluding hydrogens is 236 g/mol. The molecule has 2 rings (SSSR count). The van der Waals surface area contributed by atoms with Gasteiger partial charge >= 0.3 is 0 Å². The summed E-state index contributed by atoms with van der Waals surface area (Å²) in [6.07, 6.45) is 2.65. The van der Waals surface area contributed by atoms with Gasteiger partial charge < -0.3 is 15.0 Å². The Labute approximate surface area is 116 Å². The van der Waals surface area contributed by atoms with Gasteiger partial charge in [0.15, 0.2) is 0 Å². The lowest BCUT2D eigenvalue weighted by Crippen LogP contribution is -2.32. The highest BCUT2D eigenvalue weighted by Gasteiger charge is 2.25. The molecule has 19 heavy (non-hydrogen) atoms. The Morgan fingerprint density at radius 3 is 2.53 bits per heavy atom. The van der Waals surface area contributed by atoms with Gasteiger partial charge in [-0.1, -0.05) is 17.7 Å². The van der Waals surface area contributed by atoms with Crippen LogP contribution >= 0.6 is 0 Å². The van der Waals surface area contributed by atoms with Crippen molar-refractivity contribution in [3.05, 3.63) is 28.8 Å². The first-order valence-electron chi connectivity index (χ1n) is 7.08. The molecule has 0 bridgehead atoms. The summed E-state index contributed by atoms with van der Waals surface area (Å²) < 4.78 is 5.63. The SMILES string of the molecule is COc1c(C)cc(C)cc1C(CNC1CC1)N(C)C. The molecule has 1 atom stereocenters. The van der Waals surface area contributed by atoms with Crippen LogP contribution in [0.15, 0.2) is 12.1 Å². The van der Waals surface area contributed by atoms with Crippen molar-refractivity contribution in [2.45, 2.75) is 38.8 Å². The Morgan fingerprint density at radius 1 is 1.32 bits per heavy atom. The number of hydrogen-bond acceptors (Lipinski definition) is 3. The van der Waals surface area contributed by atoms with E-state index in [1.165, 1.54) is 29.5 Å². The number of hydrogen-bond donors (Lipinski definition) is 1. The lowest BCUT2D eigenvalue weighted by atomic mass is 9.98. The molecule has 1 unspecified atom stereocenters. The molecule has 0 amide bonds. The van der Waals surface area contributed by atoms with Gasteiger partial charge in [0, 0.05) is 18.2 Å². The van der Waals surface area contributed by atoms with Crippen molar-refractivity contribution in [1.82, 2.24) is 10.2 Å². The van der Waals surface area contributed by atoms with E-state index < -0.39 is 0 Å².